The maximum atomic E-state index is 6.19. The Labute approximate surface area is 178 Å². The Morgan fingerprint density at radius 2 is 1.93 bits per heavy atom. The fourth-order valence-corrected chi connectivity index (χ4v) is 5.03. The lowest BCUT2D eigenvalue weighted by Gasteiger charge is -2.32. The minimum atomic E-state index is 0. The van der Waals surface area contributed by atoms with Crippen molar-refractivity contribution in [2.45, 2.75) is 25.0 Å². The zero-order chi connectivity index (χ0) is 18.5. The largest absolute Gasteiger partial charge is 0.375 e. The summed E-state index contributed by atoms with van der Waals surface area (Å²) in [4.78, 5) is 2.42. The molecule has 0 aliphatic carbocycles. The third kappa shape index (κ3) is 5.13. The van der Waals surface area contributed by atoms with Crippen LogP contribution in [0.25, 0.3) is 10.1 Å². The Morgan fingerprint density at radius 3 is 2.71 bits per heavy atom. The number of nitrogens with zero attached hydrogens (tertiary/aromatic N) is 1. The number of hydrogen-bond donors (Lipinski definition) is 1. The van der Waals surface area contributed by atoms with Crippen LogP contribution >= 0.6 is 23.7 Å². The first kappa shape index (κ1) is 21.3. The SMILES string of the molecule is CN(CCC(c1csc2ccccc12)C1CNCCO1)Cc1ccccc1.Cl. The minimum absolute atomic E-state index is 0. The van der Waals surface area contributed by atoms with Crippen molar-refractivity contribution < 1.29 is 4.74 Å². The van der Waals surface area contributed by atoms with Gasteiger partial charge in [-0.1, -0.05) is 48.5 Å². The molecule has 3 nitrogen and oxygen atoms in total. The maximum absolute atomic E-state index is 6.19. The zero-order valence-electron chi connectivity index (χ0n) is 16.3. The topological polar surface area (TPSA) is 24.5 Å². The highest BCUT2D eigenvalue weighted by molar-refractivity contribution is 7.17. The molecular weight excluding hydrogens is 388 g/mol. The van der Waals surface area contributed by atoms with Crippen molar-refractivity contribution in [1.29, 1.82) is 0 Å². The van der Waals surface area contributed by atoms with Crippen molar-refractivity contribution in [2.24, 2.45) is 0 Å². The van der Waals surface area contributed by atoms with Crippen LogP contribution in [0.2, 0.25) is 0 Å². The predicted molar refractivity (Wildman–Crippen MR) is 122 cm³/mol. The van der Waals surface area contributed by atoms with E-state index in [1.54, 1.807) is 0 Å². The standard InChI is InChI=1S/C23H28N2OS.ClH/c1-25(16-18-7-3-2-4-8-18)13-11-19(22-15-24-12-14-26-22)21-17-27-23-10-6-5-9-20(21)23;/h2-10,17,19,22,24H,11-16H2,1H3;1H. The first-order valence-electron chi connectivity index (χ1n) is 9.82. The van der Waals surface area contributed by atoms with Crippen molar-refractivity contribution in [2.75, 3.05) is 33.3 Å². The Balaban J connectivity index is 0.00000225. The molecule has 3 aromatic rings. The number of benzene rings is 2. The molecule has 28 heavy (non-hydrogen) atoms. The normalized spacial score (nSPS) is 18.1. The second kappa shape index (κ2) is 10.4. The van der Waals surface area contributed by atoms with E-state index in [0.29, 0.717) is 5.92 Å². The highest BCUT2D eigenvalue weighted by Crippen LogP contribution is 2.36. The van der Waals surface area contributed by atoms with Gasteiger partial charge in [0.1, 0.15) is 0 Å². The van der Waals surface area contributed by atoms with E-state index in [2.05, 4.69) is 77.2 Å². The number of rotatable bonds is 7. The summed E-state index contributed by atoms with van der Waals surface area (Å²) in [7, 11) is 2.22. The van der Waals surface area contributed by atoms with Gasteiger partial charge in [0.2, 0.25) is 0 Å². The van der Waals surface area contributed by atoms with Gasteiger partial charge in [0.05, 0.1) is 12.7 Å². The molecule has 0 spiro atoms. The quantitative estimate of drug-likeness (QED) is 0.591. The van der Waals surface area contributed by atoms with Crippen molar-refractivity contribution in [3.8, 4) is 0 Å². The Kier molecular flexibility index (Phi) is 7.89. The highest BCUT2D eigenvalue weighted by Gasteiger charge is 2.28. The number of hydrogen-bond acceptors (Lipinski definition) is 4. The fourth-order valence-electron chi connectivity index (χ4n) is 4.00. The van der Waals surface area contributed by atoms with Crippen LogP contribution in [-0.2, 0) is 11.3 Å². The van der Waals surface area contributed by atoms with Gasteiger partial charge in [0, 0.05) is 30.3 Å². The van der Waals surface area contributed by atoms with Crippen molar-refractivity contribution in [3.05, 3.63) is 71.1 Å². The van der Waals surface area contributed by atoms with Crippen LogP contribution in [0.5, 0.6) is 0 Å². The summed E-state index contributed by atoms with van der Waals surface area (Å²) < 4.78 is 7.56. The van der Waals surface area contributed by atoms with Crippen LogP contribution in [0, 0.1) is 0 Å². The smallest absolute Gasteiger partial charge is 0.0769 e. The third-order valence-corrected chi connectivity index (χ3v) is 6.41. The molecule has 4 rings (SSSR count). The van der Waals surface area contributed by atoms with Crippen LogP contribution < -0.4 is 5.32 Å². The van der Waals surface area contributed by atoms with Crippen LogP contribution in [0.3, 0.4) is 0 Å². The summed E-state index contributed by atoms with van der Waals surface area (Å²) >= 11 is 1.85. The van der Waals surface area contributed by atoms with Gasteiger partial charge in [0.15, 0.2) is 0 Å². The summed E-state index contributed by atoms with van der Waals surface area (Å²) in [6.07, 6.45) is 1.36. The van der Waals surface area contributed by atoms with E-state index < -0.39 is 0 Å². The molecule has 1 aliphatic heterocycles. The molecule has 0 radical (unpaired) electrons. The molecular formula is C23H29ClN2OS. The molecule has 1 N–H and O–H groups in total. The van der Waals surface area contributed by atoms with Gasteiger partial charge in [-0.3, -0.25) is 0 Å². The zero-order valence-corrected chi connectivity index (χ0v) is 18.0. The second-order valence-corrected chi connectivity index (χ2v) is 8.33. The van der Waals surface area contributed by atoms with Crippen LogP contribution in [0.15, 0.2) is 60.0 Å². The van der Waals surface area contributed by atoms with E-state index in [1.807, 2.05) is 11.3 Å². The van der Waals surface area contributed by atoms with Gasteiger partial charge in [-0.05, 0) is 48.0 Å². The van der Waals surface area contributed by atoms with Gasteiger partial charge < -0.3 is 15.0 Å². The lowest BCUT2D eigenvalue weighted by molar-refractivity contribution is 0.00800. The lowest BCUT2D eigenvalue weighted by atomic mass is 9.89. The molecule has 2 aromatic carbocycles. The summed E-state index contributed by atoms with van der Waals surface area (Å²) in [6.45, 7) is 4.76. The van der Waals surface area contributed by atoms with Crippen molar-refractivity contribution >= 4 is 33.8 Å². The van der Waals surface area contributed by atoms with E-state index in [9.17, 15) is 0 Å². The average molecular weight is 417 g/mol. The molecule has 0 amide bonds. The number of ether oxygens (including phenoxy) is 1. The Hall–Kier alpha value is -1.43. The number of fused-ring (bicyclic) bond motifs is 1. The van der Waals surface area contributed by atoms with E-state index in [-0.39, 0.29) is 18.5 Å². The second-order valence-electron chi connectivity index (χ2n) is 7.42. The van der Waals surface area contributed by atoms with E-state index in [0.717, 1.165) is 39.2 Å². The van der Waals surface area contributed by atoms with Gasteiger partial charge in [-0.25, -0.2) is 0 Å². The molecule has 1 saturated heterocycles. The average Bonchev–Trinajstić information content (AvgIpc) is 3.14. The molecule has 1 aliphatic rings. The molecule has 2 unspecified atom stereocenters. The van der Waals surface area contributed by atoms with Crippen LogP contribution in [-0.4, -0.2) is 44.3 Å². The van der Waals surface area contributed by atoms with Crippen molar-refractivity contribution in [3.63, 3.8) is 0 Å². The van der Waals surface area contributed by atoms with Gasteiger partial charge in [-0.15, -0.1) is 23.7 Å². The van der Waals surface area contributed by atoms with Crippen LogP contribution in [0.4, 0.5) is 0 Å². The molecule has 0 saturated carbocycles. The molecule has 150 valence electrons. The van der Waals surface area contributed by atoms with E-state index >= 15 is 0 Å². The molecule has 1 fully saturated rings. The number of morpholine rings is 1. The molecule has 2 atom stereocenters. The lowest BCUT2D eigenvalue weighted by Crippen LogP contribution is -2.42. The first-order valence-corrected chi connectivity index (χ1v) is 10.7. The maximum Gasteiger partial charge on any atom is 0.0769 e. The van der Waals surface area contributed by atoms with Gasteiger partial charge >= 0.3 is 0 Å². The third-order valence-electron chi connectivity index (χ3n) is 5.43. The Bertz CT molecular complexity index is 848. The molecule has 0 bridgehead atoms. The van der Waals surface area contributed by atoms with E-state index in [1.165, 1.54) is 21.2 Å². The van der Waals surface area contributed by atoms with Crippen LogP contribution in [0.1, 0.15) is 23.5 Å². The minimum Gasteiger partial charge on any atom is -0.375 e. The number of halogens is 1. The van der Waals surface area contributed by atoms with Gasteiger partial charge in [0.25, 0.3) is 0 Å². The predicted octanol–water partition coefficient (Wildman–Crippen LogP) is 4.92. The number of nitrogens with one attached hydrogen (secondary N) is 1. The summed E-state index contributed by atoms with van der Waals surface area (Å²) in [5, 5.41) is 7.26. The summed E-state index contributed by atoms with van der Waals surface area (Å²) in [5.74, 6) is 0.423. The van der Waals surface area contributed by atoms with E-state index in [4.69, 9.17) is 4.74 Å². The number of thiophene rings is 1. The summed E-state index contributed by atoms with van der Waals surface area (Å²) in [5.41, 5.74) is 2.82. The Morgan fingerprint density at radius 1 is 1.14 bits per heavy atom. The van der Waals surface area contributed by atoms with Crippen molar-refractivity contribution in [1.82, 2.24) is 10.2 Å². The molecule has 1 aromatic heterocycles. The monoisotopic (exact) mass is 416 g/mol. The first-order chi connectivity index (χ1) is 13.3. The van der Waals surface area contributed by atoms with Gasteiger partial charge in [-0.2, -0.15) is 0 Å². The highest BCUT2D eigenvalue weighted by atomic mass is 35.5. The summed E-state index contributed by atoms with van der Waals surface area (Å²) in [6, 6.07) is 19.5. The molecule has 5 heteroatoms. The molecule has 2 heterocycles. The fraction of sp³-hybridized carbons (Fsp3) is 0.391.